The lowest BCUT2D eigenvalue weighted by atomic mass is 10.1. The highest BCUT2D eigenvalue weighted by atomic mass is 32.2. The van der Waals surface area contributed by atoms with Gasteiger partial charge in [0.15, 0.2) is 5.96 Å². The van der Waals surface area contributed by atoms with Crippen LogP contribution in [-0.4, -0.2) is 45.8 Å². The van der Waals surface area contributed by atoms with Gasteiger partial charge in [-0.05, 0) is 42.3 Å². The van der Waals surface area contributed by atoms with Crippen molar-refractivity contribution in [2.45, 2.75) is 11.3 Å². The molecule has 0 aliphatic heterocycles. The summed E-state index contributed by atoms with van der Waals surface area (Å²) in [5.74, 6) is 1.26. The van der Waals surface area contributed by atoms with Crippen molar-refractivity contribution < 1.29 is 4.21 Å². The minimum atomic E-state index is -1.00. The van der Waals surface area contributed by atoms with Crippen molar-refractivity contribution in [2.75, 3.05) is 25.9 Å². The first-order valence-corrected chi connectivity index (χ1v) is 10.5. The van der Waals surface area contributed by atoms with Crippen LogP contribution in [0.4, 0.5) is 0 Å². The molecule has 3 rings (SSSR count). The number of rotatable bonds is 8. The third-order valence-corrected chi connectivity index (χ3v) is 5.59. The largest absolute Gasteiger partial charge is 0.356 e. The van der Waals surface area contributed by atoms with Gasteiger partial charge in [-0.1, -0.05) is 30.3 Å². The lowest BCUT2D eigenvalue weighted by Gasteiger charge is -2.12. The number of nitrogens with one attached hydrogen (secondary N) is 2. The highest BCUT2D eigenvalue weighted by Gasteiger charge is 2.04. The summed E-state index contributed by atoms with van der Waals surface area (Å²) in [4.78, 5) is 5.07. The fourth-order valence-electron chi connectivity index (χ4n) is 2.74. The molecule has 0 saturated heterocycles. The molecule has 1 heterocycles. The summed E-state index contributed by atoms with van der Waals surface area (Å²) in [6.07, 6.45) is 4.58. The predicted molar refractivity (Wildman–Crippen MR) is 114 cm³/mol. The molecular weight excluding hydrogens is 370 g/mol. The monoisotopic (exact) mass is 395 g/mol. The Hall–Kier alpha value is -2.93. The Morgan fingerprint density at radius 2 is 1.79 bits per heavy atom. The molecule has 0 saturated carbocycles. The van der Waals surface area contributed by atoms with Gasteiger partial charge >= 0.3 is 0 Å². The van der Waals surface area contributed by atoms with Crippen molar-refractivity contribution in [2.24, 2.45) is 4.99 Å². The summed E-state index contributed by atoms with van der Waals surface area (Å²) >= 11 is 0. The van der Waals surface area contributed by atoms with Crippen molar-refractivity contribution in [3.63, 3.8) is 0 Å². The lowest BCUT2D eigenvalue weighted by Crippen LogP contribution is -2.40. The van der Waals surface area contributed by atoms with E-state index < -0.39 is 10.8 Å². The van der Waals surface area contributed by atoms with Crippen LogP contribution in [0.2, 0.25) is 0 Å². The van der Waals surface area contributed by atoms with Crippen LogP contribution in [0.25, 0.3) is 5.69 Å². The van der Waals surface area contributed by atoms with E-state index in [1.54, 1.807) is 13.2 Å². The Balaban J connectivity index is 1.39. The molecule has 0 radical (unpaired) electrons. The van der Waals surface area contributed by atoms with E-state index in [-0.39, 0.29) is 0 Å². The second-order valence-corrected chi connectivity index (χ2v) is 7.73. The van der Waals surface area contributed by atoms with Gasteiger partial charge in [-0.2, -0.15) is 5.10 Å². The second kappa shape index (κ2) is 10.4. The van der Waals surface area contributed by atoms with Crippen LogP contribution in [0, 0.1) is 0 Å². The van der Waals surface area contributed by atoms with Crippen LogP contribution in [-0.2, 0) is 17.2 Å². The maximum Gasteiger partial charge on any atom is 0.191 e. The molecule has 0 bridgehead atoms. The molecule has 7 heteroatoms. The van der Waals surface area contributed by atoms with Gasteiger partial charge in [-0.3, -0.25) is 9.20 Å². The van der Waals surface area contributed by atoms with Gasteiger partial charge in [0.2, 0.25) is 0 Å². The fraction of sp³-hybridized carbons (Fsp3) is 0.238. The van der Waals surface area contributed by atoms with Crippen molar-refractivity contribution in [3.05, 3.63) is 78.6 Å². The van der Waals surface area contributed by atoms with E-state index in [1.807, 2.05) is 47.3 Å². The average Bonchev–Trinajstić information content (AvgIpc) is 3.28. The van der Waals surface area contributed by atoms with Crippen LogP contribution < -0.4 is 10.6 Å². The first kappa shape index (κ1) is 19.8. The average molecular weight is 396 g/mol. The quantitative estimate of drug-likeness (QED) is 0.454. The molecule has 146 valence electrons. The number of nitrogens with zero attached hydrogens (tertiary/aromatic N) is 3. The number of benzene rings is 2. The summed E-state index contributed by atoms with van der Waals surface area (Å²) in [7, 11) is 0.734. The molecule has 1 unspecified atom stereocenters. The number of aromatic nitrogens is 2. The highest BCUT2D eigenvalue weighted by Crippen LogP contribution is 2.09. The lowest BCUT2D eigenvalue weighted by molar-refractivity contribution is 0.681. The van der Waals surface area contributed by atoms with Crippen LogP contribution in [0.5, 0.6) is 0 Å². The molecule has 0 aliphatic rings. The van der Waals surface area contributed by atoms with Crippen molar-refractivity contribution >= 4 is 16.8 Å². The van der Waals surface area contributed by atoms with E-state index in [1.165, 1.54) is 5.56 Å². The van der Waals surface area contributed by atoms with Gasteiger partial charge < -0.3 is 10.6 Å². The first-order chi connectivity index (χ1) is 13.8. The van der Waals surface area contributed by atoms with E-state index in [9.17, 15) is 4.21 Å². The standard InChI is InChI=1S/C21H25N5OS/c1-22-21(24-15-17-28(27)20-6-3-2-4-7-20)23-14-12-18-8-10-19(11-9-18)26-16-5-13-25-26/h2-11,13,16H,12,14-15,17H2,1H3,(H2,22,23,24). The topological polar surface area (TPSA) is 71.3 Å². The molecule has 6 nitrogen and oxygen atoms in total. The van der Waals surface area contributed by atoms with E-state index in [0.717, 1.165) is 29.5 Å². The zero-order chi connectivity index (χ0) is 19.6. The molecule has 1 aromatic heterocycles. The van der Waals surface area contributed by atoms with Crippen molar-refractivity contribution in [1.82, 2.24) is 20.4 Å². The zero-order valence-corrected chi connectivity index (χ0v) is 16.7. The number of hydrogen-bond donors (Lipinski definition) is 2. The van der Waals surface area contributed by atoms with Gasteiger partial charge in [0.1, 0.15) is 0 Å². The number of aliphatic imine (C=N–C) groups is 1. The molecular formula is C21H25N5OS. The smallest absolute Gasteiger partial charge is 0.191 e. The van der Waals surface area contributed by atoms with E-state index in [0.29, 0.717) is 12.3 Å². The van der Waals surface area contributed by atoms with Gasteiger partial charge in [-0.15, -0.1) is 0 Å². The Bertz CT molecular complexity index is 892. The minimum absolute atomic E-state index is 0.541. The predicted octanol–water partition coefficient (Wildman–Crippen LogP) is 2.39. The van der Waals surface area contributed by atoms with E-state index in [4.69, 9.17) is 0 Å². The van der Waals surface area contributed by atoms with E-state index >= 15 is 0 Å². The van der Waals surface area contributed by atoms with Gasteiger partial charge in [-0.25, -0.2) is 4.68 Å². The summed E-state index contributed by atoms with van der Waals surface area (Å²) in [5.41, 5.74) is 2.29. The Morgan fingerprint density at radius 1 is 1.04 bits per heavy atom. The van der Waals surface area contributed by atoms with Gasteiger partial charge in [0.05, 0.1) is 16.5 Å². The van der Waals surface area contributed by atoms with Crippen LogP contribution in [0.1, 0.15) is 5.56 Å². The second-order valence-electron chi connectivity index (χ2n) is 6.16. The van der Waals surface area contributed by atoms with Crippen molar-refractivity contribution in [3.8, 4) is 5.69 Å². The number of hydrogen-bond acceptors (Lipinski definition) is 3. The van der Waals surface area contributed by atoms with Crippen molar-refractivity contribution in [1.29, 1.82) is 0 Å². The molecule has 0 spiro atoms. The zero-order valence-electron chi connectivity index (χ0n) is 15.9. The van der Waals surface area contributed by atoms with Gasteiger partial charge in [0, 0.05) is 43.2 Å². The molecule has 0 aliphatic carbocycles. The molecule has 0 amide bonds. The third-order valence-electron chi connectivity index (χ3n) is 4.22. The summed E-state index contributed by atoms with van der Waals surface area (Å²) in [6.45, 7) is 1.36. The normalized spacial score (nSPS) is 12.5. The Kier molecular flexibility index (Phi) is 7.37. The highest BCUT2D eigenvalue weighted by molar-refractivity contribution is 7.85. The third kappa shape index (κ3) is 5.79. The van der Waals surface area contributed by atoms with Crippen LogP contribution in [0.15, 0.2) is 82.9 Å². The molecule has 0 fully saturated rings. The maximum atomic E-state index is 12.2. The Labute approximate surface area is 168 Å². The molecule has 2 N–H and O–H groups in total. The number of guanidine groups is 1. The van der Waals surface area contributed by atoms with Crippen LogP contribution in [0.3, 0.4) is 0 Å². The Morgan fingerprint density at radius 3 is 2.46 bits per heavy atom. The SMILES string of the molecule is CN=C(NCCc1ccc(-n2cccn2)cc1)NCCS(=O)c1ccccc1. The van der Waals surface area contributed by atoms with E-state index in [2.05, 4.69) is 45.0 Å². The summed E-state index contributed by atoms with van der Waals surface area (Å²) in [5, 5.41) is 10.7. The molecule has 2 aromatic carbocycles. The summed E-state index contributed by atoms with van der Waals surface area (Å²) in [6, 6.07) is 19.8. The first-order valence-electron chi connectivity index (χ1n) is 9.23. The summed E-state index contributed by atoms with van der Waals surface area (Å²) < 4.78 is 14.1. The molecule has 1 atom stereocenters. The molecule has 3 aromatic rings. The minimum Gasteiger partial charge on any atom is -0.356 e. The maximum absolute atomic E-state index is 12.2. The van der Waals surface area contributed by atoms with Crippen LogP contribution >= 0.6 is 0 Å². The fourth-order valence-corrected chi connectivity index (χ4v) is 3.72. The van der Waals surface area contributed by atoms with Gasteiger partial charge in [0.25, 0.3) is 0 Å². The molecule has 28 heavy (non-hydrogen) atoms.